The fraction of sp³-hybridized carbons (Fsp3) is 0.684. The number of carbonyl (C=O) groups excluding carboxylic acids is 1. The molecule has 2 fully saturated rings. The number of piperazine rings is 1. The largest absolute Gasteiger partial charge is 0.338 e. The molecule has 138 valence electrons. The van der Waals surface area contributed by atoms with Crippen molar-refractivity contribution in [2.45, 2.75) is 38.8 Å². The number of amides is 2. The monoisotopic (exact) mass is 345 g/mol. The number of pyridine rings is 1. The number of likely N-dealkylation sites (N-methyl/N-ethyl adjacent to an activating group) is 1. The van der Waals surface area contributed by atoms with Crippen molar-refractivity contribution in [3.8, 4) is 0 Å². The van der Waals surface area contributed by atoms with Crippen molar-refractivity contribution in [1.82, 2.24) is 25.0 Å². The lowest BCUT2D eigenvalue weighted by Gasteiger charge is -2.34. The summed E-state index contributed by atoms with van der Waals surface area (Å²) in [5, 5.41) is 3.11. The average Bonchev–Trinajstić information content (AvgIpc) is 3.49. The lowest BCUT2D eigenvalue weighted by atomic mass is 10.3. The van der Waals surface area contributed by atoms with Crippen LogP contribution in [0.2, 0.25) is 0 Å². The number of carbonyl (C=O) groups is 1. The lowest BCUT2D eigenvalue weighted by molar-refractivity contribution is 0.136. The third-order valence-electron chi connectivity index (χ3n) is 5.15. The number of urea groups is 1. The lowest BCUT2D eigenvalue weighted by Crippen LogP contribution is -2.47. The molecule has 0 spiro atoms. The fourth-order valence-corrected chi connectivity index (χ4v) is 3.35. The van der Waals surface area contributed by atoms with E-state index in [1.165, 1.54) is 13.1 Å². The van der Waals surface area contributed by atoms with E-state index in [-0.39, 0.29) is 6.03 Å². The van der Waals surface area contributed by atoms with Gasteiger partial charge < -0.3 is 20.0 Å². The van der Waals surface area contributed by atoms with Crippen LogP contribution in [0.4, 0.5) is 4.79 Å². The summed E-state index contributed by atoms with van der Waals surface area (Å²) in [5.41, 5.74) is 0.957. The first-order valence-electron chi connectivity index (χ1n) is 9.65. The van der Waals surface area contributed by atoms with E-state index in [9.17, 15) is 4.79 Å². The smallest absolute Gasteiger partial charge is 0.318 e. The maximum absolute atomic E-state index is 12.5. The van der Waals surface area contributed by atoms with Crippen LogP contribution in [0.15, 0.2) is 24.4 Å². The Morgan fingerprint density at radius 1 is 1.24 bits per heavy atom. The molecule has 0 aromatic carbocycles. The first-order chi connectivity index (χ1) is 12.3. The summed E-state index contributed by atoms with van der Waals surface area (Å²) in [4.78, 5) is 23.8. The van der Waals surface area contributed by atoms with E-state index in [1.807, 2.05) is 23.1 Å². The summed E-state index contributed by atoms with van der Waals surface area (Å²) < 4.78 is 0. The third kappa shape index (κ3) is 5.68. The van der Waals surface area contributed by atoms with Crippen LogP contribution < -0.4 is 5.32 Å². The predicted molar refractivity (Wildman–Crippen MR) is 99.4 cm³/mol. The van der Waals surface area contributed by atoms with Gasteiger partial charge in [-0.3, -0.25) is 4.98 Å². The van der Waals surface area contributed by atoms with Crippen molar-refractivity contribution >= 4 is 6.03 Å². The molecule has 1 saturated heterocycles. The van der Waals surface area contributed by atoms with E-state index in [1.54, 1.807) is 6.20 Å². The Hall–Kier alpha value is -1.66. The van der Waals surface area contributed by atoms with Crippen molar-refractivity contribution in [2.24, 2.45) is 0 Å². The Kier molecular flexibility index (Phi) is 6.64. The summed E-state index contributed by atoms with van der Waals surface area (Å²) in [5.74, 6) is 0. The Labute approximate surface area is 151 Å². The summed E-state index contributed by atoms with van der Waals surface area (Å²) in [6.07, 6.45) is 5.03. The molecule has 0 atom stereocenters. The third-order valence-corrected chi connectivity index (χ3v) is 5.15. The number of rotatable bonds is 8. The van der Waals surface area contributed by atoms with Crippen LogP contribution in [-0.2, 0) is 6.54 Å². The molecule has 6 heteroatoms. The van der Waals surface area contributed by atoms with Gasteiger partial charge in [-0.2, -0.15) is 0 Å². The van der Waals surface area contributed by atoms with E-state index in [2.05, 4.69) is 27.0 Å². The molecule has 0 bridgehead atoms. The van der Waals surface area contributed by atoms with Crippen LogP contribution in [0.3, 0.4) is 0 Å². The first kappa shape index (κ1) is 18.1. The van der Waals surface area contributed by atoms with Gasteiger partial charge in [-0.1, -0.05) is 13.0 Å². The normalized spacial score (nSPS) is 18.9. The maximum Gasteiger partial charge on any atom is 0.318 e. The Balaban J connectivity index is 1.36. The summed E-state index contributed by atoms with van der Waals surface area (Å²) in [6, 6.07) is 6.32. The molecule has 1 aromatic rings. The van der Waals surface area contributed by atoms with Gasteiger partial charge in [-0.15, -0.1) is 0 Å². The van der Waals surface area contributed by atoms with Crippen molar-refractivity contribution in [2.75, 3.05) is 45.8 Å². The van der Waals surface area contributed by atoms with Gasteiger partial charge in [0.2, 0.25) is 0 Å². The van der Waals surface area contributed by atoms with Crippen LogP contribution >= 0.6 is 0 Å². The SMILES string of the molecule is CCN1CCN(CCCNC(=O)N(Cc2ccccn2)C2CC2)CC1. The average molecular weight is 345 g/mol. The summed E-state index contributed by atoms with van der Waals surface area (Å²) in [6.45, 7) is 10.4. The van der Waals surface area contributed by atoms with Gasteiger partial charge in [0.1, 0.15) is 0 Å². The van der Waals surface area contributed by atoms with Gasteiger partial charge in [-0.05, 0) is 44.5 Å². The van der Waals surface area contributed by atoms with E-state index in [4.69, 9.17) is 0 Å². The molecule has 1 aliphatic carbocycles. The molecular formula is C19H31N5O. The first-order valence-corrected chi connectivity index (χ1v) is 9.65. The molecule has 1 aliphatic heterocycles. The van der Waals surface area contributed by atoms with E-state index in [0.29, 0.717) is 12.6 Å². The molecule has 25 heavy (non-hydrogen) atoms. The van der Waals surface area contributed by atoms with Crippen LogP contribution in [-0.4, -0.2) is 77.6 Å². The predicted octanol–water partition coefficient (Wildman–Crippen LogP) is 1.78. The van der Waals surface area contributed by atoms with Crippen molar-refractivity contribution in [3.63, 3.8) is 0 Å². The zero-order valence-corrected chi connectivity index (χ0v) is 15.4. The highest BCUT2D eigenvalue weighted by Crippen LogP contribution is 2.28. The van der Waals surface area contributed by atoms with Crippen LogP contribution in [0.5, 0.6) is 0 Å². The minimum absolute atomic E-state index is 0.0592. The maximum atomic E-state index is 12.5. The Bertz CT molecular complexity index is 526. The highest BCUT2D eigenvalue weighted by molar-refractivity contribution is 5.74. The highest BCUT2D eigenvalue weighted by atomic mass is 16.2. The van der Waals surface area contributed by atoms with Gasteiger partial charge in [-0.25, -0.2) is 4.79 Å². The molecule has 1 aromatic heterocycles. The molecule has 1 N–H and O–H groups in total. The quantitative estimate of drug-likeness (QED) is 0.730. The Morgan fingerprint density at radius 2 is 2.00 bits per heavy atom. The zero-order chi connectivity index (χ0) is 17.5. The van der Waals surface area contributed by atoms with Gasteiger partial charge in [0, 0.05) is 45.0 Å². The second-order valence-electron chi connectivity index (χ2n) is 7.04. The number of nitrogens with one attached hydrogen (secondary N) is 1. The minimum Gasteiger partial charge on any atom is -0.338 e. The minimum atomic E-state index is 0.0592. The molecule has 1 saturated carbocycles. The summed E-state index contributed by atoms with van der Waals surface area (Å²) >= 11 is 0. The second kappa shape index (κ2) is 9.15. The molecule has 6 nitrogen and oxygen atoms in total. The summed E-state index contributed by atoms with van der Waals surface area (Å²) in [7, 11) is 0. The zero-order valence-electron chi connectivity index (χ0n) is 15.4. The molecule has 2 amide bonds. The van der Waals surface area contributed by atoms with E-state index >= 15 is 0 Å². The molecule has 2 aliphatic rings. The molecular weight excluding hydrogens is 314 g/mol. The van der Waals surface area contributed by atoms with Crippen molar-refractivity contribution < 1.29 is 4.79 Å². The van der Waals surface area contributed by atoms with Crippen molar-refractivity contribution in [1.29, 1.82) is 0 Å². The van der Waals surface area contributed by atoms with E-state index in [0.717, 1.165) is 57.7 Å². The van der Waals surface area contributed by atoms with Gasteiger partial charge in [0.25, 0.3) is 0 Å². The fourth-order valence-electron chi connectivity index (χ4n) is 3.35. The van der Waals surface area contributed by atoms with E-state index < -0.39 is 0 Å². The number of aromatic nitrogens is 1. The molecule has 0 radical (unpaired) electrons. The Morgan fingerprint density at radius 3 is 2.64 bits per heavy atom. The highest BCUT2D eigenvalue weighted by Gasteiger charge is 2.32. The van der Waals surface area contributed by atoms with Crippen LogP contribution in [0.25, 0.3) is 0 Å². The van der Waals surface area contributed by atoms with Gasteiger partial charge in [0.15, 0.2) is 0 Å². The molecule has 2 heterocycles. The second-order valence-corrected chi connectivity index (χ2v) is 7.04. The topological polar surface area (TPSA) is 51.7 Å². The number of hydrogen-bond acceptors (Lipinski definition) is 4. The number of hydrogen-bond donors (Lipinski definition) is 1. The molecule has 3 rings (SSSR count). The van der Waals surface area contributed by atoms with Gasteiger partial charge >= 0.3 is 6.03 Å². The van der Waals surface area contributed by atoms with Gasteiger partial charge in [0.05, 0.1) is 12.2 Å². The number of nitrogens with zero attached hydrogens (tertiary/aromatic N) is 4. The standard InChI is InChI=1S/C19H31N5O/c1-2-22-12-14-23(15-13-22)11-5-10-21-19(25)24(18-7-8-18)16-17-6-3-4-9-20-17/h3-4,6,9,18H,2,5,7-8,10-16H2,1H3,(H,21,25). The molecule has 0 unspecified atom stereocenters. The van der Waals surface area contributed by atoms with Crippen LogP contribution in [0, 0.1) is 0 Å². The van der Waals surface area contributed by atoms with Crippen LogP contribution in [0.1, 0.15) is 31.9 Å². The van der Waals surface area contributed by atoms with Crippen molar-refractivity contribution in [3.05, 3.63) is 30.1 Å².